The van der Waals surface area contributed by atoms with Crippen molar-refractivity contribution in [2.24, 2.45) is 5.92 Å². The fourth-order valence-corrected chi connectivity index (χ4v) is 3.13. The topological polar surface area (TPSA) is 38.7 Å². The van der Waals surface area contributed by atoms with Gasteiger partial charge in [-0.05, 0) is 24.8 Å². The molecule has 19 heavy (non-hydrogen) atoms. The van der Waals surface area contributed by atoms with Crippen LogP contribution in [0.4, 0.5) is 0 Å². The zero-order valence-corrected chi connectivity index (χ0v) is 11.8. The largest absolute Gasteiger partial charge is 0.496 e. The third-order valence-electron chi connectivity index (χ3n) is 4.16. The molecule has 3 nitrogen and oxygen atoms in total. The van der Waals surface area contributed by atoms with Crippen molar-refractivity contribution < 1.29 is 14.6 Å². The molecule has 106 valence electrons. The summed E-state index contributed by atoms with van der Waals surface area (Å²) in [5.74, 6) is 1.17. The molecule has 1 aliphatic carbocycles. The average Bonchev–Trinajstić information content (AvgIpc) is 2.49. The first-order chi connectivity index (χ1) is 9.27. The van der Waals surface area contributed by atoms with E-state index in [4.69, 9.17) is 9.47 Å². The number of aliphatic hydroxyl groups excluding tert-OH is 1. The van der Waals surface area contributed by atoms with Gasteiger partial charge >= 0.3 is 0 Å². The van der Waals surface area contributed by atoms with E-state index in [1.807, 2.05) is 24.3 Å². The highest BCUT2D eigenvalue weighted by Crippen LogP contribution is 2.36. The molecule has 2 rings (SSSR count). The Labute approximate surface area is 115 Å². The van der Waals surface area contributed by atoms with E-state index in [2.05, 4.69) is 0 Å². The predicted molar refractivity (Wildman–Crippen MR) is 75.3 cm³/mol. The lowest BCUT2D eigenvalue weighted by Crippen LogP contribution is -2.31. The van der Waals surface area contributed by atoms with Crippen LogP contribution < -0.4 is 4.74 Å². The molecule has 0 amide bonds. The van der Waals surface area contributed by atoms with Gasteiger partial charge in [-0.1, -0.05) is 37.5 Å². The smallest absolute Gasteiger partial charge is 0.124 e. The van der Waals surface area contributed by atoms with Crippen LogP contribution in [0.25, 0.3) is 0 Å². The molecule has 1 aliphatic rings. The highest BCUT2D eigenvalue weighted by atomic mass is 16.5. The number of rotatable bonds is 5. The maximum atomic E-state index is 10.6. The van der Waals surface area contributed by atoms with Gasteiger partial charge in [0.15, 0.2) is 0 Å². The summed E-state index contributed by atoms with van der Waals surface area (Å²) in [7, 11) is 3.33. The average molecular weight is 264 g/mol. The predicted octanol–water partition coefficient (Wildman–Crippen LogP) is 3.32. The van der Waals surface area contributed by atoms with Crippen LogP contribution in [0.15, 0.2) is 24.3 Å². The molecular formula is C16H24O3. The van der Waals surface area contributed by atoms with Crippen LogP contribution in [-0.4, -0.2) is 25.4 Å². The Morgan fingerprint density at radius 2 is 1.79 bits per heavy atom. The van der Waals surface area contributed by atoms with Gasteiger partial charge in [0, 0.05) is 12.7 Å². The van der Waals surface area contributed by atoms with Crippen LogP contribution in [0.1, 0.15) is 43.8 Å². The maximum Gasteiger partial charge on any atom is 0.124 e. The molecule has 1 N–H and O–H groups in total. The number of aliphatic hydroxyl groups is 1. The van der Waals surface area contributed by atoms with Gasteiger partial charge in [0.25, 0.3) is 0 Å². The van der Waals surface area contributed by atoms with Crippen molar-refractivity contribution in [3.63, 3.8) is 0 Å². The van der Waals surface area contributed by atoms with Gasteiger partial charge in [0.1, 0.15) is 11.9 Å². The van der Waals surface area contributed by atoms with Gasteiger partial charge < -0.3 is 14.6 Å². The summed E-state index contributed by atoms with van der Waals surface area (Å²) in [6, 6.07) is 7.64. The van der Waals surface area contributed by atoms with Crippen LogP contribution in [0.3, 0.4) is 0 Å². The summed E-state index contributed by atoms with van der Waals surface area (Å²) in [6.07, 6.45) is 5.31. The van der Waals surface area contributed by atoms with E-state index in [1.165, 1.54) is 19.3 Å². The van der Waals surface area contributed by atoms with E-state index < -0.39 is 6.10 Å². The van der Waals surface area contributed by atoms with Crippen LogP contribution in [0, 0.1) is 5.92 Å². The molecular weight excluding hydrogens is 240 g/mol. The SMILES string of the molecule is COc1ccccc1C(O)C(OC)C1CCCCC1. The van der Waals surface area contributed by atoms with Crippen molar-refractivity contribution in [3.8, 4) is 5.75 Å². The molecule has 2 unspecified atom stereocenters. The van der Waals surface area contributed by atoms with E-state index in [0.29, 0.717) is 5.92 Å². The van der Waals surface area contributed by atoms with Gasteiger partial charge in [-0.3, -0.25) is 0 Å². The minimum atomic E-state index is -0.621. The summed E-state index contributed by atoms with van der Waals surface area (Å²) in [5.41, 5.74) is 0.822. The molecule has 0 bridgehead atoms. The zero-order chi connectivity index (χ0) is 13.7. The van der Waals surface area contributed by atoms with Gasteiger partial charge in [-0.25, -0.2) is 0 Å². The molecule has 1 aromatic carbocycles. The first-order valence-corrected chi connectivity index (χ1v) is 7.11. The Hall–Kier alpha value is -1.06. The molecule has 0 aliphatic heterocycles. The van der Waals surface area contributed by atoms with Gasteiger partial charge in [0.05, 0.1) is 13.2 Å². The molecule has 0 aromatic heterocycles. The second-order valence-corrected chi connectivity index (χ2v) is 5.29. The van der Waals surface area contributed by atoms with E-state index in [0.717, 1.165) is 24.2 Å². The Balaban J connectivity index is 2.17. The Morgan fingerprint density at radius 3 is 2.42 bits per heavy atom. The van der Waals surface area contributed by atoms with E-state index in [9.17, 15) is 5.11 Å². The highest BCUT2D eigenvalue weighted by Gasteiger charge is 2.31. The van der Waals surface area contributed by atoms with Gasteiger partial charge in [-0.2, -0.15) is 0 Å². The number of hydrogen-bond donors (Lipinski definition) is 1. The van der Waals surface area contributed by atoms with Crippen molar-refractivity contribution in [2.45, 2.75) is 44.3 Å². The monoisotopic (exact) mass is 264 g/mol. The van der Waals surface area contributed by atoms with Gasteiger partial charge in [0.2, 0.25) is 0 Å². The third-order valence-corrected chi connectivity index (χ3v) is 4.16. The number of ether oxygens (including phenoxy) is 2. The first kappa shape index (κ1) is 14.4. The lowest BCUT2D eigenvalue weighted by Gasteiger charge is -2.33. The minimum absolute atomic E-state index is 0.142. The van der Waals surface area contributed by atoms with Crippen molar-refractivity contribution in [3.05, 3.63) is 29.8 Å². The number of hydrogen-bond acceptors (Lipinski definition) is 3. The third kappa shape index (κ3) is 3.28. The van der Waals surface area contributed by atoms with Crippen molar-refractivity contribution in [1.29, 1.82) is 0 Å². The number of para-hydroxylation sites is 1. The lowest BCUT2D eigenvalue weighted by molar-refractivity contribution is -0.0566. The fraction of sp³-hybridized carbons (Fsp3) is 0.625. The Kier molecular flexibility index (Phi) is 5.23. The molecule has 2 atom stereocenters. The zero-order valence-electron chi connectivity index (χ0n) is 11.8. The minimum Gasteiger partial charge on any atom is -0.496 e. The molecule has 1 fully saturated rings. The summed E-state index contributed by atoms with van der Waals surface area (Å²) < 4.78 is 10.9. The molecule has 0 saturated heterocycles. The highest BCUT2D eigenvalue weighted by molar-refractivity contribution is 5.35. The molecule has 1 aromatic rings. The van der Waals surface area contributed by atoms with Crippen molar-refractivity contribution in [2.75, 3.05) is 14.2 Å². The van der Waals surface area contributed by atoms with Crippen LogP contribution >= 0.6 is 0 Å². The van der Waals surface area contributed by atoms with E-state index in [1.54, 1.807) is 14.2 Å². The Morgan fingerprint density at radius 1 is 1.11 bits per heavy atom. The molecule has 0 heterocycles. The van der Waals surface area contributed by atoms with Crippen LogP contribution in [-0.2, 0) is 4.74 Å². The van der Waals surface area contributed by atoms with Crippen LogP contribution in [0.5, 0.6) is 5.75 Å². The normalized spacial score (nSPS) is 19.9. The van der Waals surface area contributed by atoms with E-state index >= 15 is 0 Å². The van der Waals surface area contributed by atoms with Crippen molar-refractivity contribution >= 4 is 0 Å². The quantitative estimate of drug-likeness (QED) is 0.886. The van der Waals surface area contributed by atoms with Gasteiger partial charge in [-0.15, -0.1) is 0 Å². The van der Waals surface area contributed by atoms with Crippen molar-refractivity contribution in [1.82, 2.24) is 0 Å². The summed E-state index contributed by atoms with van der Waals surface area (Å²) in [5, 5.41) is 10.6. The standard InChI is InChI=1S/C16H24O3/c1-18-14-11-7-6-10-13(14)15(17)16(19-2)12-8-4-3-5-9-12/h6-7,10-12,15-17H,3-5,8-9H2,1-2H3. The Bertz CT molecular complexity index is 385. The van der Waals surface area contributed by atoms with E-state index in [-0.39, 0.29) is 6.10 Å². The molecule has 1 saturated carbocycles. The summed E-state index contributed by atoms with van der Waals surface area (Å²) in [4.78, 5) is 0. The number of methoxy groups -OCH3 is 2. The van der Waals surface area contributed by atoms with Crippen LogP contribution in [0.2, 0.25) is 0 Å². The number of benzene rings is 1. The molecule has 0 radical (unpaired) electrons. The maximum absolute atomic E-state index is 10.6. The molecule has 0 spiro atoms. The molecule has 3 heteroatoms. The second kappa shape index (κ2) is 6.92. The summed E-state index contributed by atoms with van der Waals surface area (Å²) >= 11 is 0. The summed E-state index contributed by atoms with van der Waals surface area (Å²) in [6.45, 7) is 0. The fourth-order valence-electron chi connectivity index (χ4n) is 3.13. The first-order valence-electron chi connectivity index (χ1n) is 7.11. The second-order valence-electron chi connectivity index (χ2n) is 5.29. The lowest BCUT2D eigenvalue weighted by atomic mass is 9.82.